The monoisotopic (exact) mass is 213 g/mol. The molecule has 1 aromatic rings. The number of thiol groups is 1. The first-order valence-corrected chi connectivity index (χ1v) is 4.93. The van der Waals surface area contributed by atoms with E-state index in [0.717, 1.165) is 5.56 Å². The topological polar surface area (TPSA) is 29.1 Å². The fourth-order valence-electron chi connectivity index (χ4n) is 1.08. The summed E-state index contributed by atoms with van der Waals surface area (Å²) in [4.78, 5) is 11.2. The summed E-state index contributed by atoms with van der Waals surface area (Å²) < 4.78 is 12.7. The maximum absolute atomic E-state index is 12.7. The molecule has 0 aliphatic carbocycles. The Hall–Kier alpha value is -1.03. The molecule has 0 heterocycles. The van der Waals surface area contributed by atoms with Crippen molar-refractivity contribution >= 4 is 24.2 Å². The van der Waals surface area contributed by atoms with E-state index in [0.29, 0.717) is 17.9 Å². The minimum atomic E-state index is -0.297. The van der Waals surface area contributed by atoms with Crippen LogP contribution < -0.4 is 5.32 Å². The molecule has 0 bridgehead atoms. The average molecular weight is 213 g/mol. The van der Waals surface area contributed by atoms with Crippen LogP contribution in [0.15, 0.2) is 18.2 Å². The van der Waals surface area contributed by atoms with Crippen LogP contribution in [-0.4, -0.2) is 11.7 Å². The highest BCUT2D eigenvalue weighted by molar-refractivity contribution is 7.80. The number of nitrogens with one attached hydrogen (secondary N) is 1. The molecule has 0 unspecified atom stereocenters. The van der Waals surface area contributed by atoms with Gasteiger partial charge in [0, 0.05) is 12.1 Å². The first-order valence-electron chi connectivity index (χ1n) is 4.30. The molecule has 0 saturated carbocycles. The Morgan fingerprint density at radius 1 is 1.57 bits per heavy atom. The van der Waals surface area contributed by atoms with Crippen molar-refractivity contribution in [3.8, 4) is 0 Å². The van der Waals surface area contributed by atoms with Gasteiger partial charge in [0.2, 0.25) is 5.91 Å². The Balaban J connectivity index is 2.72. The number of hydrogen-bond donors (Lipinski definition) is 2. The summed E-state index contributed by atoms with van der Waals surface area (Å²) in [5.74, 6) is 0.107. The number of carbonyl (C=O) groups excluding carboxylic acids is 1. The molecule has 0 aliphatic heterocycles. The summed E-state index contributed by atoms with van der Waals surface area (Å²) >= 11 is 3.95. The van der Waals surface area contributed by atoms with E-state index in [9.17, 15) is 9.18 Å². The van der Waals surface area contributed by atoms with Crippen molar-refractivity contribution in [2.75, 3.05) is 11.1 Å². The first-order chi connectivity index (χ1) is 6.63. The lowest BCUT2D eigenvalue weighted by molar-refractivity contribution is -0.115. The Labute approximate surface area is 87.9 Å². The highest BCUT2D eigenvalue weighted by atomic mass is 32.1. The molecule has 1 N–H and O–H groups in total. The van der Waals surface area contributed by atoms with Crippen molar-refractivity contribution in [1.82, 2.24) is 0 Å². The molecule has 0 aliphatic rings. The molecule has 0 saturated heterocycles. The average Bonchev–Trinajstić information content (AvgIpc) is 2.10. The van der Waals surface area contributed by atoms with Crippen LogP contribution in [0.25, 0.3) is 0 Å². The van der Waals surface area contributed by atoms with E-state index in [4.69, 9.17) is 0 Å². The molecular formula is C10H12FNOS. The van der Waals surface area contributed by atoms with Crippen LogP contribution in [0.2, 0.25) is 0 Å². The van der Waals surface area contributed by atoms with Crippen LogP contribution >= 0.6 is 12.6 Å². The van der Waals surface area contributed by atoms with E-state index in [1.54, 1.807) is 13.0 Å². The Morgan fingerprint density at radius 2 is 2.29 bits per heavy atom. The van der Waals surface area contributed by atoms with Crippen molar-refractivity contribution in [2.45, 2.75) is 13.3 Å². The van der Waals surface area contributed by atoms with Gasteiger partial charge in [-0.25, -0.2) is 4.39 Å². The molecule has 0 aromatic heterocycles. The quantitative estimate of drug-likeness (QED) is 0.742. The number of rotatable bonds is 3. The zero-order valence-electron chi connectivity index (χ0n) is 7.88. The molecule has 14 heavy (non-hydrogen) atoms. The third kappa shape index (κ3) is 3.03. The normalized spacial score (nSPS) is 9.93. The van der Waals surface area contributed by atoms with Gasteiger partial charge in [-0.1, -0.05) is 0 Å². The van der Waals surface area contributed by atoms with Crippen LogP contribution in [0, 0.1) is 12.7 Å². The van der Waals surface area contributed by atoms with Crippen LogP contribution in [0.1, 0.15) is 12.0 Å². The Morgan fingerprint density at radius 3 is 2.86 bits per heavy atom. The van der Waals surface area contributed by atoms with E-state index < -0.39 is 0 Å². The lowest BCUT2D eigenvalue weighted by Crippen LogP contribution is -2.12. The second-order valence-electron chi connectivity index (χ2n) is 2.98. The molecule has 0 atom stereocenters. The number of halogens is 1. The zero-order valence-corrected chi connectivity index (χ0v) is 8.77. The predicted molar refractivity (Wildman–Crippen MR) is 58.2 cm³/mol. The van der Waals surface area contributed by atoms with E-state index in [-0.39, 0.29) is 11.7 Å². The van der Waals surface area contributed by atoms with E-state index >= 15 is 0 Å². The van der Waals surface area contributed by atoms with Crippen LogP contribution in [0.4, 0.5) is 10.1 Å². The summed E-state index contributed by atoms with van der Waals surface area (Å²) in [5, 5.41) is 2.68. The molecule has 0 fully saturated rings. The van der Waals surface area contributed by atoms with Gasteiger partial charge in [0.05, 0.1) is 0 Å². The maximum atomic E-state index is 12.7. The molecule has 2 nitrogen and oxygen atoms in total. The third-order valence-corrected chi connectivity index (χ3v) is 2.03. The first kappa shape index (κ1) is 11.0. The second kappa shape index (κ2) is 5.00. The third-order valence-electron chi connectivity index (χ3n) is 1.80. The van der Waals surface area contributed by atoms with Crippen LogP contribution in [0.3, 0.4) is 0 Å². The summed E-state index contributed by atoms with van der Waals surface area (Å²) in [6, 6.07) is 4.26. The number of anilines is 1. The van der Waals surface area contributed by atoms with E-state index in [1.165, 1.54) is 12.1 Å². The molecule has 1 rings (SSSR count). The highest BCUT2D eigenvalue weighted by Gasteiger charge is 2.03. The fraction of sp³-hybridized carbons (Fsp3) is 0.300. The fourth-order valence-corrected chi connectivity index (χ4v) is 1.28. The molecule has 0 radical (unpaired) electrons. The summed E-state index contributed by atoms with van der Waals surface area (Å²) in [7, 11) is 0. The number of benzene rings is 1. The van der Waals surface area contributed by atoms with Crippen molar-refractivity contribution in [2.24, 2.45) is 0 Å². The minimum Gasteiger partial charge on any atom is -0.326 e. The molecule has 1 amide bonds. The number of carbonyl (C=O) groups is 1. The number of amides is 1. The Kier molecular flexibility index (Phi) is 3.95. The minimum absolute atomic E-state index is 0.102. The van der Waals surface area contributed by atoms with Gasteiger partial charge in [0.1, 0.15) is 5.82 Å². The van der Waals surface area contributed by atoms with Gasteiger partial charge in [0.25, 0.3) is 0 Å². The standard InChI is InChI=1S/C10H12FNOS/c1-7-6-8(11)2-3-9(7)12-10(13)4-5-14/h2-3,6,14H,4-5H2,1H3,(H,12,13). The highest BCUT2D eigenvalue weighted by Crippen LogP contribution is 2.15. The van der Waals surface area contributed by atoms with Gasteiger partial charge >= 0.3 is 0 Å². The summed E-state index contributed by atoms with van der Waals surface area (Å²) in [6.45, 7) is 1.75. The number of aryl methyl sites for hydroxylation is 1. The van der Waals surface area contributed by atoms with Gasteiger partial charge in [-0.05, 0) is 36.4 Å². The van der Waals surface area contributed by atoms with Crippen LogP contribution in [-0.2, 0) is 4.79 Å². The predicted octanol–water partition coefficient (Wildman–Crippen LogP) is 2.39. The molecular weight excluding hydrogens is 201 g/mol. The maximum Gasteiger partial charge on any atom is 0.225 e. The SMILES string of the molecule is Cc1cc(F)ccc1NC(=O)CCS. The van der Waals surface area contributed by atoms with Crippen molar-refractivity contribution in [1.29, 1.82) is 0 Å². The van der Waals surface area contributed by atoms with Crippen molar-refractivity contribution < 1.29 is 9.18 Å². The lowest BCUT2D eigenvalue weighted by Gasteiger charge is -2.07. The van der Waals surface area contributed by atoms with Crippen molar-refractivity contribution in [3.05, 3.63) is 29.6 Å². The van der Waals surface area contributed by atoms with E-state index in [2.05, 4.69) is 17.9 Å². The largest absolute Gasteiger partial charge is 0.326 e. The van der Waals surface area contributed by atoms with Gasteiger partial charge in [-0.2, -0.15) is 12.6 Å². The molecule has 1 aromatic carbocycles. The summed E-state index contributed by atoms with van der Waals surface area (Å²) in [6.07, 6.45) is 0.361. The number of hydrogen-bond acceptors (Lipinski definition) is 2. The second-order valence-corrected chi connectivity index (χ2v) is 3.43. The molecule has 4 heteroatoms. The van der Waals surface area contributed by atoms with Gasteiger partial charge in [-0.3, -0.25) is 4.79 Å². The Bertz CT molecular complexity index is 341. The summed E-state index contributed by atoms with van der Waals surface area (Å²) in [5.41, 5.74) is 1.37. The van der Waals surface area contributed by atoms with Gasteiger partial charge in [-0.15, -0.1) is 0 Å². The molecule has 76 valence electrons. The zero-order chi connectivity index (χ0) is 10.6. The molecule has 0 spiro atoms. The van der Waals surface area contributed by atoms with Crippen LogP contribution in [0.5, 0.6) is 0 Å². The van der Waals surface area contributed by atoms with Gasteiger partial charge < -0.3 is 5.32 Å². The van der Waals surface area contributed by atoms with E-state index in [1.807, 2.05) is 0 Å². The van der Waals surface area contributed by atoms with Crippen molar-refractivity contribution in [3.63, 3.8) is 0 Å². The lowest BCUT2D eigenvalue weighted by atomic mass is 10.2. The van der Waals surface area contributed by atoms with Gasteiger partial charge in [0.15, 0.2) is 0 Å². The smallest absolute Gasteiger partial charge is 0.225 e.